The Bertz CT molecular complexity index is 883. The Kier molecular flexibility index (Phi) is 4.62. The highest BCUT2D eigenvalue weighted by Crippen LogP contribution is 2.22. The van der Waals surface area contributed by atoms with Gasteiger partial charge in [0.25, 0.3) is 5.69 Å². The lowest BCUT2D eigenvalue weighted by atomic mass is 10.2. The third kappa shape index (κ3) is 3.82. The van der Waals surface area contributed by atoms with Crippen LogP contribution in [0.5, 0.6) is 0 Å². The molecule has 0 amide bonds. The first-order chi connectivity index (χ1) is 11.6. The molecule has 0 N–H and O–H groups in total. The lowest BCUT2D eigenvalue weighted by molar-refractivity contribution is -0.384. The van der Waals surface area contributed by atoms with Crippen LogP contribution in [-0.4, -0.2) is 15.9 Å². The van der Waals surface area contributed by atoms with E-state index in [1.54, 1.807) is 18.2 Å². The number of ether oxygens (including phenoxy) is 1. The summed E-state index contributed by atoms with van der Waals surface area (Å²) in [7, 11) is 0. The third-order valence-electron chi connectivity index (χ3n) is 3.20. The normalized spacial score (nSPS) is 11.0. The number of nitro groups is 1. The lowest BCUT2D eigenvalue weighted by Crippen LogP contribution is -2.00. The molecule has 0 aliphatic rings. The van der Waals surface area contributed by atoms with Crippen molar-refractivity contribution < 1.29 is 14.5 Å². The molecule has 2 aromatic carbocycles. The van der Waals surface area contributed by atoms with Gasteiger partial charge in [0.2, 0.25) is 0 Å². The van der Waals surface area contributed by atoms with Crippen LogP contribution in [0.3, 0.4) is 0 Å². The molecule has 0 spiro atoms. The molecule has 1 heterocycles. The summed E-state index contributed by atoms with van der Waals surface area (Å²) in [6.07, 6.45) is 2.94. The molecule has 0 aliphatic heterocycles. The Labute approximate surface area is 141 Å². The van der Waals surface area contributed by atoms with Crippen molar-refractivity contribution in [2.45, 2.75) is 6.61 Å². The lowest BCUT2D eigenvalue weighted by Gasteiger charge is -2.01. The quantitative estimate of drug-likeness (QED) is 0.304. The van der Waals surface area contributed by atoms with Crippen molar-refractivity contribution in [2.75, 3.05) is 0 Å². The topological polar surface area (TPSA) is 82.3 Å². The second-order valence-electron chi connectivity index (χ2n) is 4.88. The number of rotatable bonds is 5. The highest BCUT2D eigenvalue weighted by atomic mass is 32.1. The van der Waals surface area contributed by atoms with E-state index in [0.717, 1.165) is 15.2 Å². The summed E-state index contributed by atoms with van der Waals surface area (Å²) >= 11 is 1.49. The van der Waals surface area contributed by atoms with Gasteiger partial charge in [-0.15, -0.1) is 11.3 Å². The maximum absolute atomic E-state index is 11.7. The molecular weight excluding hydrogens is 328 g/mol. The first kappa shape index (κ1) is 15.8. The number of carbonyl (C=O) groups excluding carboxylic acids is 1. The van der Waals surface area contributed by atoms with Gasteiger partial charge in [0.15, 0.2) is 0 Å². The minimum atomic E-state index is -0.493. The van der Waals surface area contributed by atoms with E-state index in [1.165, 1.54) is 29.5 Å². The summed E-state index contributed by atoms with van der Waals surface area (Å²) in [5.41, 5.74) is 1.57. The van der Waals surface area contributed by atoms with Crippen molar-refractivity contribution in [3.05, 3.63) is 75.3 Å². The summed E-state index contributed by atoms with van der Waals surface area (Å²) in [6, 6.07) is 13.6. The molecule has 0 aliphatic carbocycles. The van der Waals surface area contributed by atoms with Crippen LogP contribution in [0.25, 0.3) is 16.3 Å². The maximum Gasteiger partial charge on any atom is 0.331 e. The number of nitro benzene ring substituents is 1. The van der Waals surface area contributed by atoms with Gasteiger partial charge < -0.3 is 4.74 Å². The van der Waals surface area contributed by atoms with Gasteiger partial charge in [0, 0.05) is 18.2 Å². The Morgan fingerprint density at radius 2 is 1.96 bits per heavy atom. The largest absolute Gasteiger partial charge is 0.458 e. The number of hydrogen-bond acceptors (Lipinski definition) is 6. The van der Waals surface area contributed by atoms with E-state index in [1.807, 2.05) is 24.3 Å². The molecule has 0 saturated carbocycles. The summed E-state index contributed by atoms with van der Waals surface area (Å²) in [5, 5.41) is 11.3. The molecule has 1 aromatic heterocycles. The van der Waals surface area contributed by atoms with Crippen LogP contribution < -0.4 is 0 Å². The van der Waals surface area contributed by atoms with Gasteiger partial charge >= 0.3 is 5.97 Å². The zero-order valence-electron chi connectivity index (χ0n) is 12.4. The molecule has 6 nitrogen and oxygen atoms in total. The molecule has 0 atom stereocenters. The number of non-ortho nitro benzene ring substituents is 1. The summed E-state index contributed by atoms with van der Waals surface area (Å²) < 4.78 is 6.16. The van der Waals surface area contributed by atoms with Gasteiger partial charge in [0.05, 0.1) is 15.1 Å². The number of esters is 1. The summed E-state index contributed by atoms with van der Waals surface area (Å²) in [5.74, 6) is -0.493. The molecule has 120 valence electrons. The first-order valence-corrected chi connectivity index (χ1v) is 7.87. The fraction of sp³-hybridized carbons (Fsp3) is 0.0588. The molecule has 3 aromatic rings. The van der Waals surface area contributed by atoms with E-state index in [2.05, 4.69) is 4.98 Å². The van der Waals surface area contributed by atoms with Gasteiger partial charge in [0.1, 0.15) is 11.6 Å². The van der Waals surface area contributed by atoms with Crippen LogP contribution in [0, 0.1) is 10.1 Å². The number of thiazole rings is 1. The fourth-order valence-corrected chi connectivity index (χ4v) is 2.89. The number of hydrogen-bond donors (Lipinski definition) is 0. The van der Waals surface area contributed by atoms with Crippen LogP contribution in [-0.2, 0) is 16.1 Å². The maximum atomic E-state index is 11.7. The average Bonchev–Trinajstić information content (AvgIpc) is 3.01. The molecule has 0 saturated heterocycles. The van der Waals surface area contributed by atoms with Crippen LogP contribution in [0.4, 0.5) is 5.69 Å². The number of nitrogens with zero attached hydrogens (tertiary/aromatic N) is 2. The van der Waals surface area contributed by atoms with Crippen LogP contribution in [0.1, 0.15) is 10.6 Å². The molecular formula is C17H12N2O4S. The van der Waals surface area contributed by atoms with E-state index in [-0.39, 0.29) is 12.3 Å². The van der Waals surface area contributed by atoms with Crippen molar-refractivity contribution in [3.63, 3.8) is 0 Å². The van der Waals surface area contributed by atoms with E-state index >= 15 is 0 Å². The van der Waals surface area contributed by atoms with Gasteiger partial charge in [-0.1, -0.05) is 12.1 Å². The SMILES string of the molecule is O=C(C=Cc1nc2ccccc2s1)OCc1ccc([N+](=O)[O-])cc1. The van der Waals surface area contributed by atoms with E-state index < -0.39 is 10.9 Å². The molecule has 7 heteroatoms. The first-order valence-electron chi connectivity index (χ1n) is 7.05. The van der Waals surface area contributed by atoms with Crippen molar-refractivity contribution in [1.29, 1.82) is 0 Å². The molecule has 0 bridgehead atoms. The van der Waals surface area contributed by atoms with Crippen LogP contribution >= 0.6 is 11.3 Å². The van der Waals surface area contributed by atoms with Crippen LogP contribution in [0.2, 0.25) is 0 Å². The minimum absolute atomic E-state index is 0.000748. The van der Waals surface area contributed by atoms with Gasteiger partial charge in [-0.2, -0.15) is 0 Å². The van der Waals surface area contributed by atoms with Gasteiger partial charge in [-0.25, -0.2) is 9.78 Å². The zero-order chi connectivity index (χ0) is 16.9. The molecule has 0 radical (unpaired) electrons. The standard InChI is InChI=1S/C17H12N2O4S/c20-17(23-11-12-5-7-13(8-6-12)19(21)22)10-9-16-18-14-3-1-2-4-15(14)24-16/h1-10H,11H2. The Morgan fingerprint density at radius 1 is 1.21 bits per heavy atom. The minimum Gasteiger partial charge on any atom is -0.458 e. The number of para-hydroxylation sites is 1. The highest BCUT2D eigenvalue weighted by Gasteiger charge is 2.05. The molecule has 24 heavy (non-hydrogen) atoms. The highest BCUT2D eigenvalue weighted by molar-refractivity contribution is 7.19. The van der Waals surface area contributed by atoms with Crippen molar-refractivity contribution in [3.8, 4) is 0 Å². The van der Waals surface area contributed by atoms with Crippen molar-refractivity contribution in [1.82, 2.24) is 4.98 Å². The Balaban J connectivity index is 1.57. The predicted octanol–water partition coefficient (Wildman–Crippen LogP) is 3.96. The third-order valence-corrected chi connectivity index (χ3v) is 4.20. The van der Waals surface area contributed by atoms with Gasteiger partial charge in [-0.05, 0) is 35.9 Å². The van der Waals surface area contributed by atoms with E-state index in [9.17, 15) is 14.9 Å². The second-order valence-corrected chi connectivity index (χ2v) is 5.95. The number of fused-ring (bicyclic) bond motifs is 1. The Morgan fingerprint density at radius 3 is 2.67 bits per heavy atom. The van der Waals surface area contributed by atoms with Gasteiger partial charge in [-0.3, -0.25) is 10.1 Å². The van der Waals surface area contributed by atoms with Crippen molar-refractivity contribution in [2.24, 2.45) is 0 Å². The molecule has 0 unspecified atom stereocenters. The zero-order valence-corrected chi connectivity index (χ0v) is 13.2. The predicted molar refractivity (Wildman–Crippen MR) is 91.5 cm³/mol. The van der Waals surface area contributed by atoms with E-state index in [0.29, 0.717) is 5.56 Å². The number of aromatic nitrogens is 1. The second kappa shape index (κ2) is 7.01. The van der Waals surface area contributed by atoms with Crippen LogP contribution in [0.15, 0.2) is 54.6 Å². The molecule has 3 rings (SSSR count). The van der Waals surface area contributed by atoms with E-state index in [4.69, 9.17) is 4.74 Å². The fourth-order valence-electron chi connectivity index (χ4n) is 2.02. The Hall–Kier alpha value is -3.06. The monoisotopic (exact) mass is 340 g/mol. The molecule has 0 fully saturated rings. The summed E-state index contributed by atoms with van der Waals surface area (Å²) in [6.45, 7) is 0.0566. The van der Waals surface area contributed by atoms with Crippen molar-refractivity contribution >= 4 is 39.3 Å². The average molecular weight is 340 g/mol. The smallest absolute Gasteiger partial charge is 0.331 e. The number of carbonyl (C=O) groups is 1. The number of benzene rings is 2. The summed E-state index contributed by atoms with van der Waals surface area (Å²) in [4.78, 5) is 26.2.